The first-order valence-corrected chi connectivity index (χ1v) is 4.36. The van der Waals surface area contributed by atoms with Crippen molar-refractivity contribution in [2.45, 2.75) is 33.3 Å². The van der Waals surface area contributed by atoms with Crippen molar-refractivity contribution < 1.29 is 9.84 Å². The van der Waals surface area contributed by atoms with Crippen LogP contribution >= 0.6 is 0 Å². The molecule has 2 nitrogen and oxygen atoms in total. The molecule has 0 heterocycles. The zero-order valence-corrected chi connectivity index (χ0v) is 8.59. The second kappa shape index (κ2) is 3.29. The van der Waals surface area contributed by atoms with E-state index in [-0.39, 0.29) is 11.4 Å². The molecule has 2 heteroatoms. The second-order valence-corrected chi connectivity index (χ2v) is 4.22. The number of ether oxygens (including phenoxy) is 1. The molecule has 0 spiro atoms. The summed E-state index contributed by atoms with van der Waals surface area (Å²) in [6.07, 6.45) is 0. The van der Waals surface area contributed by atoms with Crippen LogP contribution in [-0.2, 0) is 0 Å². The third-order valence-corrected chi connectivity index (χ3v) is 1.46. The molecule has 0 fully saturated rings. The maximum absolute atomic E-state index is 9.31. The van der Waals surface area contributed by atoms with E-state index in [9.17, 15) is 5.11 Å². The Bertz CT molecular complexity index is 277. The normalized spacial score (nSPS) is 11.4. The Morgan fingerprint density at radius 1 is 1.15 bits per heavy atom. The minimum absolute atomic E-state index is 0.222. The van der Waals surface area contributed by atoms with Crippen LogP contribution in [0.25, 0.3) is 0 Å². The number of hydrogen-bond donors (Lipinski definition) is 1. The maximum atomic E-state index is 9.31. The molecule has 0 aliphatic carbocycles. The van der Waals surface area contributed by atoms with Crippen molar-refractivity contribution in [2.75, 3.05) is 0 Å². The van der Waals surface area contributed by atoms with Crippen LogP contribution < -0.4 is 4.74 Å². The zero-order chi connectivity index (χ0) is 10.1. The number of hydrogen-bond acceptors (Lipinski definition) is 2. The molecule has 0 atom stereocenters. The summed E-state index contributed by atoms with van der Waals surface area (Å²) in [6, 6.07) is 5.23. The van der Waals surface area contributed by atoms with Gasteiger partial charge in [-0.2, -0.15) is 0 Å². The highest BCUT2D eigenvalue weighted by atomic mass is 16.5. The largest absolute Gasteiger partial charge is 0.508 e. The van der Waals surface area contributed by atoms with Gasteiger partial charge in [0.05, 0.1) is 0 Å². The van der Waals surface area contributed by atoms with Gasteiger partial charge >= 0.3 is 0 Å². The fourth-order valence-electron chi connectivity index (χ4n) is 1.14. The predicted octanol–water partition coefficient (Wildman–Crippen LogP) is 2.88. The fourth-order valence-corrected chi connectivity index (χ4v) is 1.14. The topological polar surface area (TPSA) is 29.5 Å². The summed E-state index contributed by atoms with van der Waals surface area (Å²) >= 11 is 0. The standard InChI is InChI=1S/C11H16O2/c1-8-5-9(12)7-10(6-8)13-11(2,3)4/h5-7,12H,1-4H3. The van der Waals surface area contributed by atoms with Gasteiger partial charge in [0.2, 0.25) is 0 Å². The van der Waals surface area contributed by atoms with E-state index >= 15 is 0 Å². The predicted molar refractivity (Wildman–Crippen MR) is 53.2 cm³/mol. The lowest BCUT2D eigenvalue weighted by molar-refractivity contribution is 0.130. The number of phenolic OH excluding ortho intramolecular Hbond substituents is 1. The van der Waals surface area contributed by atoms with E-state index in [1.54, 1.807) is 12.1 Å². The summed E-state index contributed by atoms with van der Waals surface area (Å²) < 4.78 is 5.60. The van der Waals surface area contributed by atoms with Gasteiger partial charge in [-0.05, 0) is 45.4 Å². The molecule has 0 aliphatic rings. The summed E-state index contributed by atoms with van der Waals surface area (Å²) in [4.78, 5) is 0. The van der Waals surface area contributed by atoms with Crippen LogP contribution in [0.2, 0.25) is 0 Å². The molecule has 0 amide bonds. The zero-order valence-electron chi connectivity index (χ0n) is 8.59. The third kappa shape index (κ3) is 3.36. The van der Waals surface area contributed by atoms with E-state index in [1.165, 1.54) is 0 Å². The summed E-state index contributed by atoms with van der Waals surface area (Å²) in [6.45, 7) is 7.86. The summed E-state index contributed by atoms with van der Waals surface area (Å²) in [5.74, 6) is 0.962. The van der Waals surface area contributed by atoms with Gasteiger partial charge in [0.1, 0.15) is 17.1 Å². The molecule has 1 N–H and O–H groups in total. The van der Waals surface area contributed by atoms with Crippen molar-refractivity contribution in [1.82, 2.24) is 0 Å². The Balaban J connectivity index is 2.90. The van der Waals surface area contributed by atoms with E-state index in [1.807, 2.05) is 33.8 Å². The highest BCUT2D eigenvalue weighted by Crippen LogP contribution is 2.24. The van der Waals surface area contributed by atoms with Crippen molar-refractivity contribution in [1.29, 1.82) is 0 Å². The molecular weight excluding hydrogens is 164 g/mol. The van der Waals surface area contributed by atoms with Gasteiger partial charge in [-0.15, -0.1) is 0 Å². The molecule has 1 aromatic rings. The average Bonchev–Trinajstić information content (AvgIpc) is 1.78. The molecule has 0 unspecified atom stereocenters. The van der Waals surface area contributed by atoms with Crippen LogP contribution in [0.15, 0.2) is 18.2 Å². The van der Waals surface area contributed by atoms with Gasteiger partial charge < -0.3 is 9.84 Å². The van der Waals surface area contributed by atoms with Crippen LogP contribution in [0.5, 0.6) is 11.5 Å². The van der Waals surface area contributed by atoms with Gasteiger partial charge in [-0.1, -0.05) is 0 Å². The van der Waals surface area contributed by atoms with Crippen molar-refractivity contribution in [3.05, 3.63) is 23.8 Å². The highest BCUT2D eigenvalue weighted by molar-refractivity contribution is 5.37. The molecule has 13 heavy (non-hydrogen) atoms. The Morgan fingerprint density at radius 3 is 2.23 bits per heavy atom. The van der Waals surface area contributed by atoms with Gasteiger partial charge in [-0.25, -0.2) is 0 Å². The number of benzene rings is 1. The average molecular weight is 180 g/mol. The number of rotatable bonds is 1. The van der Waals surface area contributed by atoms with Crippen LogP contribution in [0.4, 0.5) is 0 Å². The van der Waals surface area contributed by atoms with E-state index in [0.29, 0.717) is 5.75 Å². The van der Waals surface area contributed by atoms with Crippen molar-refractivity contribution in [3.63, 3.8) is 0 Å². The third-order valence-electron chi connectivity index (χ3n) is 1.46. The first-order chi connectivity index (χ1) is 5.87. The maximum Gasteiger partial charge on any atom is 0.124 e. The summed E-state index contributed by atoms with van der Waals surface area (Å²) in [7, 11) is 0. The molecular formula is C11H16O2. The van der Waals surface area contributed by atoms with Gasteiger partial charge in [0.25, 0.3) is 0 Å². The molecule has 0 saturated heterocycles. The minimum atomic E-state index is -0.222. The van der Waals surface area contributed by atoms with E-state index < -0.39 is 0 Å². The van der Waals surface area contributed by atoms with Crippen LogP contribution in [0.1, 0.15) is 26.3 Å². The molecule has 1 aromatic carbocycles. The molecule has 0 aliphatic heterocycles. The SMILES string of the molecule is Cc1cc(O)cc(OC(C)(C)C)c1. The number of aromatic hydroxyl groups is 1. The molecule has 0 saturated carbocycles. The molecule has 0 bridgehead atoms. The molecule has 1 rings (SSSR count). The minimum Gasteiger partial charge on any atom is -0.508 e. The second-order valence-electron chi connectivity index (χ2n) is 4.22. The number of aryl methyl sites for hydroxylation is 1. The summed E-state index contributed by atoms with van der Waals surface area (Å²) in [5, 5.41) is 9.31. The van der Waals surface area contributed by atoms with Crippen molar-refractivity contribution in [3.8, 4) is 11.5 Å². The summed E-state index contributed by atoms with van der Waals surface area (Å²) in [5.41, 5.74) is 0.777. The van der Waals surface area contributed by atoms with E-state index in [0.717, 1.165) is 5.56 Å². The van der Waals surface area contributed by atoms with E-state index in [4.69, 9.17) is 4.74 Å². The fraction of sp³-hybridized carbons (Fsp3) is 0.455. The first kappa shape index (κ1) is 9.90. The van der Waals surface area contributed by atoms with Crippen LogP contribution in [0, 0.1) is 6.92 Å². The number of phenols is 1. The van der Waals surface area contributed by atoms with Crippen LogP contribution in [0.3, 0.4) is 0 Å². The van der Waals surface area contributed by atoms with Gasteiger partial charge in [-0.3, -0.25) is 0 Å². The Hall–Kier alpha value is -1.18. The monoisotopic (exact) mass is 180 g/mol. The van der Waals surface area contributed by atoms with Crippen molar-refractivity contribution >= 4 is 0 Å². The Morgan fingerprint density at radius 2 is 1.77 bits per heavy atom. The van der Waals surface area contributed by atoms with Crippen molar-refractivity contribution in [2.24, 2.45) is 0 Å². The van der Waals surface area contributed by atoms with Gasteiger partial charge in [0.15, 0.2) is 0 Å². The highest BCUT2D eigenvalue weighted by Gasteiger charge is 2.12. The van der Waals surface area contributed by atoms with Crippen LogP contribution in [-0.4, -0.2) is 10.7 Å². The Labute approximate surface area is 79.2 Å². The molecule has 0 aromatic heterocycles. The smallest absolute Gasteiger partial charge is 0.124 e. The Kier molecular flexibility index (Phi) is 2.50. The van der Waals surface area contributed by atoms with Gasteiger partial charge in [0, 0.05) is 6.07 Å². The quantitative estimate of drug-likeness (QED) is 0.720. The lowest BCUT2D eigenvalue weighted by Gasteiger charge is -2.21. The lowest BCUT2D eigenvalue weighted by Crippen LogP contribution is -2.22. The lowest BCUT2D eigenvalue weighted by atomic mass is 10.1. The first-order valence-electron chi connectivity index (χ1n) is 4.36. The van der Waals surface area contributed by atoms with E-state index in [2.05, 4.69) is 0 Å². The molecule has 0 radical (unpaired) electrons. The molecule has 72 valence electrons.